The number of rotatable bonds is 6. The predicted octanol–water partition coefficient (Wildman–Crippen LogP) is 2.72. The zero-order chi connectivity index (χ0) is 15.4. The minimum Gasteiger partial charge on any atom is -0.342 e. The SMILES string of the molecule is CCCC1NC(=O)C(C(C)CC)N(CC2CCCC2)C1=O. The highest BCUT2D eigenvalue weighted by Crippen LogP contribution is 2.29. The minimum atomic E-state index is -0.302. The molecule has 0 spiro atoms. The number of hydrogen-bond acceptors (Lipinski definition) is 2. The quantitative estimate of drug-likeness (QED) is 0.819. The summed E-state index contributed by atoms with van der Waals surface area (Å²) in [7, 11) is 0. The molecule has 120 valence electrons. The lowest BCUT2D eigenvalue weighted by Crippen LogP contribution is -2.65. The van der Waals surface area contributed by atoms with Crippen molar-refractivity contribution in [2.24, 2.45) is 11.8 Å². The van der Waals surface area contributed by atoms with E-state index < -0.39 is 0 Å². The summed E-state index contributed by atoms with van der Waals surface area (Å²) in [6.45, 7) is 7.01. The van der Waals surface area contributed by atoms with Crippen molar-refractivity contribution in [3.05, 3.63) is 0 Å². The topological polar surface area (TPSA) is 49.4 Å². The van der Waals surface area contributed by atoms with E-state index in [1.165, 1.54) is 25.7 Å². The smallest absolute Gasteiger partial charge is 0.245 e. The summed E-state index contributed by atoms with van der Waals surface area (Å²) < 4.78 is 0. The van der Waals surface area contributed by atoms with Crippen LogP contribution in [0.3, 0.4) is 0 Å². The lowest BCUT2D eigenvalue weighted by Gasteiger charge is -2.42. The second kappa shape index (κ2) is 7.28. The molecule has 4 heteroatoms. The maximum atomic E-state index is 12.8. The van der Waals surface area contributed by atoms with E-state index in [9.17, 15) is 9.59 Å². The summed E-state index contributed by atoms with van der Waals surface area (Å²) in [6.07, 6.45) is 7.54. The van der Waals surface area contributed by atoms with Crippen LogP contribution in [-0.4, -0.2) is 35.3 Å². The number of nitrogens with one attached hydrogen (secondary N) is 1. The van der Waals surface area contributed by atoms with Gasteiger partial charge in [-0.15, -0.1) is 0 Å². The van der Waals surface area contributed by atoms with Crippen LogP contribution in [0.4, 0.5) is 0 Å². The zero-order valence-corrected chi connectivity index (χ0v) is 13.7. The average Bonchev–Trinajstić information content (AvgIpc) is 2.97. The van der Waals surface area contributed by atoms with Gasteiger partial charge in [0, 0.05) is 6.54 Å². The third-order valence-electron chi connectivity index (χ3n) is 5.19. The standard InChI is InChI=1S/C17H30N2O2/c1-4-8-14-17(21)19(11-13-9-6-7-10-13)15(12(3)5-2)16(20)18-14/h12-15H,4-11H2,1-3H3,(H,18,20). The van der Waals surface area contributed by atoms with Gasteiger partial charge in [0.25, 0.3) is 0 Å². The molecule has 2 fully saturated rings. The van der Waals surface area contributed by atoms with Crippen molar-refractivity contribution in [1.82, 2.24) is 10.2 Å². The van der Waals surface area contributed by atoms with Crippen LogP contribution < -0.4 is 5.32 Å². The summed E-state index contributed by atoms with van der Waals surface area (Å²) in [6, 6.07) is -0.569. The molecular formula is C17H30N2O2. The van der Waals surface area contributed by atoms with E-state index in [0.29, 0.717) is 5.92 Å². The van der Waals surface area contributed by atoms with Crippen molar-refractivity contribution in [3.63, 3.8) is 0 Å². The van der Waals surface area contributed by atoms with Gasteiger partial charge in [-0.25, -0.2) is 0 Å². The summed E-state index contributed by atoms with van der Waals surface area (Å²) in [4.78, 5) is 27.2. The summed E-state index contributed by atoms with van der Waals surface area (Å²) in [5.41, 5.74) is 0. The van der Waals surface area contributed by atoms with Crippen molar-refractivity contribution >= 4 is 11.8 Å². The Balaban J connectivity index is 2.16. The Morgan fingerprint density at radius 1 is 1.24 bits per heavy atom. The fourth-order valence-electron chi connectivity index (χ4n) is 3.75. The maximum Gasteiger partial charge on any atom is 0.245 e. The van der Waals surface area contributed by atoms with Gasteiger partial charge in [0.2, 0.25) is 11.8 Å². The van der Waals surface area contributed by atoms with Crippen LogP contribution >= 0.6 is 0 Å². The fourth-order valence-corrected chi connectivity index (χ4v) is 3.75. The van der Waals surface area contributed by atoms with Crippen molar-refractivity contribution in [3.8, 4) is 0 Å². The van der Waals surface area contributed by atoms with Crippen LogP contribution in [-0.2, 0) is 9.59 Å². The van der Waals surface area contributed by atoms with E-state index >= 15 is 0 Å². The third-order valence-corrected chi connectivity index (χ3v) is 5.19. The van der Waals surface area contributed by atoms with Crippen molar-refractivity contribution in [2.75, 3.05) is 6.54 Å². The average molecular weight is 294 g/mol. The van der Waals surface area contributed by atoms with Crippen molar-refractivity contribution in [1.29, 1.82) is 0 Å². The molecule has 1 saturated carbocycles. The highest BCUT2D eigenvalue weighted by atomic mass is 16.2. The Kier molecular flexibility index (Phi) is 5.65. The van der Waals surface area contributed by atoms with Gasteiger partial charge in [-0.05, 0) is 31.1 Å². The molecule has 21 heavy (non-hydrogen) atoms. The Labute approximate surface area is 128 Å². The summed E-state index contributed by atoms with van der Waals surface area (Å²) in [5, 5.41) is 2.96. The monoisotopic (exact) mass is 294 g/mol. The first-order valence-corrected chi connectivity index (χ1v) is 8.69. The Morgan fingerprint density at radius 2 is 1.90 bits per heavy atom. The largest absolute Gasteiger partial charge is 0.342 e. The summed E-state index contributed by atoms with van der Waals surface area (Å²) in [5.74, 6) is 1.01. The number of carbonyl (C=O) groups is 2. The molecule has 3 atom stereocenters. The van der Waals surface area contributed by atoms with Gasteiger partial charge in [0.1, 0.15) is 12.1 Å². The molecule has 3 unspecified atom stereocenters. The number of amides is 2. The highest BCUT2D eigenvalue weighted by molar-refractivity contribution is 5.97. The molecule has 0 aromatic carbocycles. The van der Waals surface area contributed by atoms with Crippen LogP contribution in [0.2, 0.25) is 0 Å². The second-order valence-corrected chi connectivity index (χ2v) is 6.82. The lowest BCUT2D eigenvalue weighted by molar-refractivity contribution is -0.152. The van der Waals surface area contributed by atoms with E-state index in [1.807, 2.05) is 4.90 Å². The lowest BCUT2D eigenvalue weighted by atomic mass is 9.91. The third kappa shape index (κ3) is 3.58. The van der Waals surface area contributed by atoms with Gasteiger partial charge in [-0.2, -0.15) is 0 Å². The van der Waals surface area contributed by atoms with E-state index in [1.54, 1.807) is 0 Å². The highest BCUT2D eigenvalue weighted by Gasteiger charge is 2.42. The van der Waals surface area contributed by atoms with E-state index in [2.05, 4.69) is 26.1 Å². The molecule has 1 aliphatic heterocycles. The van der Waals surface area contributed by atoms with Crippen LogP contribution in [0.5, 0.6) is 0 Å². The molecule has 2 amide bonds. The van der Waals surface area contributed by atoms with Crippen molar-refractivity contribution < 1.29 is 9.59 Å². The second-order valence-electron chi connectivity index (χ2n) is 6.82. The molecule has 0 aromatic rings. The fraction of sp³-hybridized carbons (Fsp3) is 0.882. The molecule has 0 radical (unpaired) electrons. The molecule has 1 aliphatic carbocycles. The molecule has 0 bridgehead atoms. The Morgan fingerprint density at radius 3 is 2.48 bits per heavy atom. The maximum absolute atomic E-state index is 12.8. The van der Waals surface area contributed by atoms with Crippen LogP contribution in [0, 0.1) is 11.8 Å². The molecule has 1 heterocycles. The van der Waals surface area contributed by atoms with Crippen LogP contribution in [0.25, 0.3) is 0 Å². The molecule has 1 N–H and O–H groups in total. The van der Waals surface area contributed by atoms with Gasteiger partial charge in [0.05, 0.1) is 0 Å². The molecule has 2 aliphatic rings. The molecule has 1 saturated heterocycles. The molecule has 0 aromatic heterocycles. The van der Waals surface area contributed by atoms with Gasteiger partial charge in [-0.3, -0.25) is 9.59 Å². The van der Waals surface area contributed by atoms with Gasteiger partial charge in [-0.1, -0.05) is 46.5 Å². The van der Waals surface area contributed by atoms with E-state index in [4.69, 9.17) is 0 Å². The number of nitrogens with zero attached hydrogens (tertiary/aromatic N) is 1. The first-order valence-electron chi connectivity index (χ1n) is 8.69. The van der Waals surface area contributed by atoms with Crippen LogP contribution in [0.15, 0.2) is 0 Å². The van der Waals surface area contributed by atoms with Gasteiger partial charge >= 0.3 is 0 Å². The Hall–Kier alpha value is -1.06. The molecule has 2 rings (SSSR count). The zero-order valence-electron chi connectivity index (χ0n) is 13.7. The van der Waals surface area contributed by atoms with Gasteiger partial charge in [0.15, 0.2) is 0 Å². The first kappa shape index (κ1) is 16.3. The minimum absolute atomic E-state index is 0.0559. The first-order chi connectivity index (χ1) is 10.1. The molecule has 4 nitrogen and oxygen atoms in total. The van der Waals surface area contributed by atoms with Crippen molar-refractivity contribution in [2.45, 2.75) is 77.8 Å². The van der Waals surface area contributed by atoms with E-state index in [0.717, 1.165) is 25.8 Å². The Bertz CT molecular complexity index is 377. The molecular weight excluding hydrogens is 264 g/mol. The summed E-state index contributed by atoms with van der Waals surface area (Å²) >= 11 is 0. The number of carbonyl (C=O) groups excluding carboxylic acids is 2. The van der Waals surface area contributed by atoms with Gasteiger partial charge < -0.3 is 10.2 Å². The number of piperazine rings is 1. The normalized spacial score (nSPS) is 28.8. The number of hydrogen-bond donors (Lipinski definition) is 1. The van der Waals surface area contributed by atoms with E-state index in [-0.39, 0.29) is 29.8 Å². The predicted molar refractivity (Wildman–Crippen MR) is 83.8 cm³/mol. The van der Waals surface area contributed by atoms with Crippen LogP contribution in [0.1, 0.15) is 65.7 Å².